The van der Waals surface area contributed by atoms with Crippen molar-refractivity contribution in [2.75, 3.05) is 6.54 Å². The normalized spacial score (nSPS) is 18.9. The fourth-order valence-corrected chi connectivity index (χ4v) is 4.69. The van der Waals surface area contributed by atoms with E-state index in [2.05, 4.69) is 83.0 Å². The van der Waals surface area contributed by atoms with E-state index in [-0.39, 0.29) is 12.1 Å². The molecule has 5 heteroatoms. The zero-order valence-electron chi connectivity index (χ0n) is 17.3. The summed E-state index contributed by atoms with van der Waals surface area (Å²) in [7, 11) is 0. The molecular formula is C24H28N4S. The molecule has 2 aromatic heterocycles. The van der Waals surface area contributed by atoms with E-state index in [1.807, 2.05) is 18.3 Å². The first-order chi connectivity index (χ1) is 14.1. The summed E-state index contributed by atoms with van der Waals surface area (Å²) in [6.07, 6.45) is 2.91. The van der Waals surface area contributed by atoms with Crippen molar-refractivity contribution in [3.63, 3.8) is 0 Å². The molecule has 1 N–H and O–H groups in total. The fourth-order valence-electron chi connectivity index (χ4n) is 4.36. The minimum atomic E-state index is 0.0564. The number of hydrogen-bond donors (Lipinski definition) is 1. The van der Waals surface area contributed by atoms with E-state index in [1.54, 1.807) is 0 Å². The summed E-state index contributed by atoms with van der Waals surface area (Å²) in [5.74, 6) is 0. The molecular weight excluding hydrogens is 376 g/mol. The largest absolute Gasteiger partial charge is 0.352 e. The number of thiocarbonyl (C=S) groups is 1. The SMILES string of the molecule is CCCN1C(=S)N[C@@H](c2ccccn2)[C@H]1c1cc(C)n(Cc2ccccc2)c1C. The average molecular weight is 405 g/mol. The van der Waals surface area contributed by atoms with Crippen LogP contribution in [0, 0.1) is 13.8 Å². The van der Waals surface area contributed by atoms with Crippen LogP contribution in [0.1, 0.15) is 53.6 Å². The van der Waals surface area contributed by atoms with E-state index >= 15 is 0 Å². The quantitative estimate of drug-likeness (QED) is 0.591. The Morgan fingerprint density at radius 2 is 1.83 bits per heavy atom. The molecule has 1 saturated heterocycles. The van der Waals surface area contributed by atoms with Crippen LogP contribution in [0.4, 0.5) is 0 Å². The maximum atomic E-state index is 5.73. The van der Waals surface area contributed by atoms with E-state index in [9.17, 15) is 0 Å². The number of aromatic nitrogens is 2. The van der Waals surface area contributed by atoms with Gasteiger partial charge in [0.15, 0.2) is 5.11 Å². The average Bonchev–Trinajstić information content (AvgIpc) is 3.21. The smallest absolute Gasteiger partial charge is 0.170 e. The van der Waals surface area contributed by atoms with Crippen LogP contribution < -0.4 is 5.32 Å². The molecule has 150 valence electrons. The Labute approximate surface area is 178 Å². The molecule has 0 unspecified atom stereocenters. The molecule has 3 aromatic rings. The van der Waals surface area contributed by atoms with Gasteiger partial charge in [-0.2, -0.15) is 0 Å². The lowest BCUT2D eigenvalue weighted by molar-refractivity contribution is 0.316. The van der Waals surface area contributed by atoms with Crippen LogP contribution in [0.3, 0.4) is 0 Å². The number of pyridine rings is 1. The Morgan fingerprint density at radius 1 is 1.07 bits per heavy atom. The molecule has 1 aliphatic heterocycles. The van der Waals surface area contributed by atoms with Crippen LogP contribution in [-0.2, 0) is 6.54 Å². The molecule has 3 heterocycles. The lowest BCUT2D eigenvalue weighted by atomic mass is 9.96. The third kappa shape index (κ3) is 3.79. The van der Waals surface area contributed by atoms with Crippen molar-refractivity contribution in [3.8, 4) is 0 Å². The number of nitrogens with zero attached hydrogens (tertiary/aromatic N) is 3. The number of hydrogen-bond acceptors (Lipinski definition) is 2. The fraction of sp³-hybridized carbons (Fsp3) is 0.333. The Kier molecular flexibility index (Phi) is 5.67. The van der Waals surface area contributed by atoms with Crippen molar-refractivity contribution in [1.82, 2.24) is 19.8 Å². The topological polar surface area (TPSA) is 33.1 Å². The minimum Gasteiger partial charge on any atom is -0.352 e. The summed E-state index contributed by atoms with van der Waals surface area (Å²) in [4.78, 5) is 6.97. The van der Waals surface area contributed by atoms with Gasteiger partial charge in [-0.05, 0) is 61.8 Å². The molecule has 1 aromatic carbocycles. The zero-order chi connectivity index (χ0) is 20.4. The monoisotopic (exact) mass is 404 g/mol. The highest BCUT2D eigenvalue weighted by atomic mass is 32.1. The van der Waals surface area contributed by atoms with Crippen molar-refractivity contribution in [2.45, 2.75) is 45.8 Å². The van der Waals surface area contributed by atoms with Gasteiger partial charge in [-0.3, -0.25) is 4.98 Å². The van der Waals surface area contributed by atoms with E-state index in [0.717, 1.165) is 30.3 Å². The highest BCUT2D eigenvalue weighted by molar-refractivity contribution is 7.80. The first kappa shape index (κ1) is 19.6. The summed E-state index contributed by atoms with van der Waals surface area (Å²) >= 11 is 5.73. The Morgan fingerprint density at radius 3 is 2.52 bits per heavy atom. The number of nitrogens with one attached hydrogen (secondary N) is 1. The van der Waals surface area contributed by atoms with Crippen LogP contribution >= 0.6 is 12.2 Å². The van der Waals surface area contributed by atoms with Gasteiger partial charge in [-0.15, -0.1) is 0 Å². The van der Waals surface area contributed by atoms with Crippen molar-refractivity contribution >= 4 is 17.3 Å². The van der Waals surface area contributed by atoms with E-state index < -0.39 is 0 Å². The van der Waals surface area contributed by atoms with Crippen LogP contribution in [0.15, 0.2) is 60.8 Å². The van der Waals surface area contributed by atoms with Crippen LogP contribution in [0.2, 0.25) is 0 Å². The molecule has 0 bridgehead atoms. The molecule has 0 amide bonds. The van der Waals surface area contributed by atoms with E-state index in [4.69, 9.17) is 12.2 Å². The highest BCUT2D eigenvalue weighted by Crippen LogP contribution is 2.40. The van der Waals surface area contributed by atoms with Crippen molar-refractivity contribution in [1.29, 1.82) is 0 Å². The van der Waals surface area contributed by atoms with Gasteiger partial charge in [-0.25, -0.2) is 0 Å². The number of aryl methyl sites for hydroxylation is 1. The second kappa shape index (κ2) is 8.37. The van der Waals surface area contributed by atoms with Gasteiger partial charge in [-0.1, -0.05) is 43.3 Å². The van der Waals surface area contributed by atoms with Crippen molar-refractivity contribution in [3.05, 3.63) is 89.0 Å². The molecule has 0 aliphatic carbocycles. The highest BCUT2D eigenvalue weighted by Gasteiger charge is 2.40. The predicted octanol–water partition coefficient (Wildman–Crippen LogP) is 4.93. The van der Waals surface area contributed by atoms with Crippen molar-refractivity contribution < 1.29 is 0 Å². The third-order valence-electron chi connectivity index (χ3n) is 5.78. The Hall–Kier alpha value is -2.66. The second-order valence-electron chi connectivity index (χ2n) is 7.72. The van der Waals surface area contributed by atoms with Crippen LogP contribution in [-0.4, -0.2) is 26.1 Å². The third-order valence-corrected chi connectivity index (χ3v) is 6.13. The standard InChI is InChI=1S/C24H28N4S/c1-4-14-27-23(22(26-24(27)29)21-12-8-9-13-25-21)20-15-17(2)28(18(20)3)16-19-10-6-5-7-11-19/h5-13,15,22-23H,4,14,16H2,1-3H3,(H,26,29)/t22-,23+/m0/s1. The lowest BCUT2D eigenvalue weighted by Crippen LogP contribution is -2.30. The molecule has 0 saturated carbocycles. The molecule has 0 spiro atoms. The van der Waals surface area contributed by atoms with Gasteiger partial charge < -0.3 is 14.8 Å². The number of rotatable bonds is 6. The molecule has 4 nitrogen and oxygen atoms in total. The van der Waals surface area contributed by atoms with Gasteiger partial charge in [0.25, 0.3) is 0 Å². The minimum absolute atomic E-state index is 0.0564. The first-order valence-corrected chi connectivity index (χ1v) is 10.7. The van der Waals surface area contributed by atoms with Gasteiger partial charge in [0.05, 0.1) is 17.8 Å². The molecule has 0 radical (unpaired) electrons. The van der Waals surface area contributed by atoms with Crippen molar-refractivity contribution in [2.24, 2.45) is 0 Å². The Bertz CT molecular complexity index is 981. The van der Waals surface area contributed by atoms with Gasteiger partial charge in [0.1, 0.15) is 0 Å². The molecule has 4 rings (SSSR count). The summed E-state index contributed by atoms with van der Waals surface area (Å²) < 4.78 is 2.41. The van der Waals surface area contributed by atoms with Gasteiger partial charge in [0.2, 0.25) is 0 Å². The van der Waals surface area contributed by atoms with Gasteiger partial charge >= 0.3 is 0 Å². The molecule has 1 fully saturated rings. The zero-order valence-corrected chi connectivity index (χ0v) is 18.1. The maximum Gasteiger partial charge on any atom is 0.170 e. The van der Waals surface area contributed by atoms with E-state index in [1.165, 1.54) is 22.5 Å². The van der Waals surface area contributed by atoms with E-state index in [0.29, 0.717) is 0 Å². The molecule has 29 heavy (non-hydrogen) atoms. The maximum absolute atomic E-state index is 5.73. The molecule has 1 aliphatic rings. The number of benzene rings is 1. The van der Waals surface area contributed by atoms with Gasteiger partial charge in [0, 0.05) is 30.7 Å². The first-order valence-electron chi connectivity index (χ1n) is 10.3. The van der Waals surface area contributed by atoms with Crippen LogP contribution in [0.5, 0.6) is 0 Å². The molecule has 2 atom stereocenters. The Balaban J connectivity index is 1.75. The summed E-state index contributed by atoms with van der Waals surface area (Å²) in [6.45, 7) is 8.44. The second-order valence-corrected chi connectivity index (χ2v) is 8.10. The summed E-state index contributed by atoms with van der Waals surface area (Å²) in [5.41, 5.74) is 6.24. The summed E-state index contributed by atoms with van der Waals surface area (Å²) in [5, 5.41) is 4.36. The predicted molar refractivity (Wildman–Crippen MR) is 122 cm³/mol. The summed E-state index contributed by atoms with van der Waals surface area (Å²) in [6, 6.07) is 19.3. The van der Waals surface area contributed by atoms with Crippen LogP contribution in [0.25, 0.3) is 0 Å². The lowest BCUT2D eigenvalue weighted by Gasteiger charge is -2.27.